The molecule has 0 saturated carbocycles. The van der Waals surface area contributed by atoms with E-state index >= 15 is 0 Å². The number of pyridine rings is 1. The molecule has 6 heteroatoms. The molecule has 3 heterocycles. The van der Waals surface area contributed by atoms with Crippen molar-refractivity contribution in [2.24, 2.45) is 5.84 Å². The Morgan fingerprint density at radius 3 is 2.81 bits per heavy atom. The van der Waals surface area contributed by atoms with Crippen LogP contribution in [-0.2, 0) is 4.74 Å². The van der Waals surface area contributed by atoms with E-state index in [0.717, 1.165) is 25.0 Å². The fraction of sp³-hybridized carbons (Fsp3) is 0.600. The molecule has 114 valence electrons. The molecule has 2 fully saturated rings. The van der Waals surface area contributed by atoms with Gasteiger partial charge in [-0.2, -0.15) is 0 Å². The standard InChI is InChI=1S/C15H22N4O2/c1-8(2)11-5-9(6-14(17-11)19-16)15(20)18-12-7-10-3-4-13(12)21-10/h5-6,8,10,12-13H,3-4,7,16H2,1-2H3,(H,17,19)(H,18,20). The molecule has 2 saturated heterocycles. The minimum atomic E-state index is -0.0862. The number of anilines is 1. The molecule has 6 nitrogen and oxygen atoms in total. The molecule has 2 aliphatic rings. The maximum atomic E-state index is 12.5. The molecule has 1 aromatic rings. The summed E-state index contributed by atoms with van der Waals surface area (Å²) in [5, 5.41) is 3.08. The van der Waals surface area contributed by atoms with Crippen LogP contribution in [0, 0.1) is 0 Å². The van der Waals surface area contributed by atoms with E-state index in [1.54, 1.807) is 6.07 Å². The van der Waals surface area contributed by atoms with Crippen LogP contribution in [0.25, 0.3) is 0 Å². The molecule has 3 unspecified atom stereocenters. The predicted molar refractivity (Wildman–Crippen MR) is 79.9 cm³/mol. The second-order valence-electron chi connectivity index (χ2n) is 6.15. The lowest BCUT2D eigenvalue weighted by Crippen LogP contribution is -2.41. The number of nitrogen functional groups attached to an aromatic ring is 1. The first-order valence-electron chi connectivity index (χ1n) is 7.51. The SMILES string of the molecule is CC(C)c1cc(C(=O)NC2CC3CCC2O3)cc(NN)n1. The van der Waals surface area contributed by atoms with Crippen molar-refractivity contribution >= 4 is 11.7 Å². The van der Waals surface area contributed by atoms with E-state index < -0.39 is 0 Å². The van der Waals surface area contributed by atoms with Crippen molar-refractivity contribution in [3.63, 3.8) is 0 Å². The Morgan fingerprint density at radius 1 is 1.43 bits per heavy atom. The van der Waals surface area contributed by atoms with Gasteiger partial charge in [-0.15, -0.1) is 0 Å². The number of nitrogens with two attached hydrogens (primary N) is 1. The second kappa shape index (κ2) is 5.61. The van der Waals surface area contributed by atoms with Gasteiger partial charge in [-0.3, -0.25) is 4.79 Å². The molecular formula is C15H22N4O2. The van der Waals surface area contributed by atoms with Crippen LogP contribution >= 0.6 is 0 Å². The molecule has 0 spiro atoms. The zero-order valence-corrected chi connectivity index (χ0v) is 12.4. The summed E-state index contributed by atoms with van der Waals surface area (Å²) in [6.07, 6.45) is 3.58. The fourth-order valence-electron chi connectivity index (χ4n) is 3.09. The average Bonchev–Trinajstić information content (AvgIpc) is 3.09. The molecule has 0 radical (unpaired) electrons. The quantitative estimate of drug-likeness (QED) is 0.578. The number of rotatable bonds is 4. The van der Waals surface area contributed by atoms with Crippen LogP contribution in [0.1, 0.15) is 55.1 Å². The molecule has 2 aliphatic heterocycles. The Kier molecular flexibility index (Phi) is 3.82. The number of carbonyl (C=O) groups is 1. The van der Waals surface area contributed by atoms with Gasteiger partial charge in [0.2, 0.25) is 0 Å². The van der Waals surface area contributed by atoms with Crippen LogP contribution in [0.2, 0.25) is 0 Å². The highest BCUT2D eigenvalue weighted by atomic mass is 16.5. The van der Waals surface area contributed by atoms with Gasteiger partial charge in [0.25, 0.3) is 5.91 Å². The second-order valence-corrected chi connectivity index (χ2v) is 6.15. The molecule has 21 heavy (non-hydrogen) atoms. The lowest BCUT2D eigenvalue weighted by Gasteiger charge is -2.20. The molecule has 1 aromatic heterocycles. The summed E-state index contributed by atoms with van der Waals surface area (Å²) in [7, 11) is 0. The van der Waals surface area contributed by atoms with E-state index in [4.69, 9.17) is 10.6 Å². The first kappa shape index (κ1) is 14.3. The van der Waals surface area contributed by atoms with Crippen LogP contribution in [0.4, 0.5) is 5.82 Å². The van der Waals surface area contributed by atoms with Crippen LogP contribution in [0.3, 0.4) is 0 Å². The Bertz CT molecular complexity index is 546. The number of aromatic nitrogens is 1. The summed E-state index contributed by atoms with van der Waals surface area (Å²) in [6, 6.07) is 3.63. The summed E-state index contributed by atoms with van der Waals surface area (Å²) in [5.74, 6) is 6.09. The molecule has 3 atom stereocenters. The monoisotopic (exact) mass is 290 g/mol. The van der Waals surface area contributed by atoms with Gasteiger partial charge >= 0.3 is 0 Å². The summed E-state index contributed by atoms with van der Waals surface area (Å²) in [4.78, 5) is 16.8. The minimum absolute atomic E-state index is 0.0862. The van der Waals surface area contributed by atoms with E-state index in [9.17, 15) is 4.79 Å². The van der Waals surface area contributed by atoms with Crippen LogP contribution in [0.5, 0.6) is 0 Å². The molecular weight excluding hydrogens is 268 g/mol. The third-order valence-electron chi connectivity index (χ3n) is 4.27. The highest BCUT2D eigenvalue weighted by Crippen LogP contribution is 2.34. The number of amides is 1. The highest BCUT2D eigenvalue weighted by Gasteiger charge is 2.41. The average molecular weight is 290 g/mol. The Hall–Kier alpha value is -1.66. The summed E-state index contributed by atoms with van der Waals surface area (Å²) >= 11 is 0. The van der Waals surface area contributed by atoms with Gasteiger partial charge in [0.05, 0.1) is 18.2 Å². The zero-order chi connectivity index (χ0) is 15.0. The van der Waals surface area contributed by atoms with Crippen molar-refractivity contribution in [3.8, 4) is 0 Å². The van der Waals surface area contributed by atoms with E-state index in [1.165, 1.54) is 0 Å². The fourth-order valence-corrected chi connectivity index (χ4v) is 3.09. The molecule has 3 rings (SSSR count). The lowest BCUT2D eigenvalue weighted by molar-refractivity contribution is 0.0841. The van der Waals surface area contributed by atoms with Gasteiger partial charge in [0.1, 0.15) is 5.82 Å². The van der Waals surface area contributed by atoms with Gasteiger partial charge in [0.15, 0.2) is 0 Å². The first-order valence-corrected chi connectivity index (χ1v) is 7.51. The number of hydrogen-bond acceptors (Lipinski definition) is 5. The van der Waals surface area contributed by atoms with E-state index in [1.807, 2.05) is 19.9 Å². The van der Waals surface area contributed by atoms with Gasteiger partial charge < -0.3 is 15.5 Å². The van der Waals surface area contributed by atoms with E-state index in [-0.39, 0.29) is 24.0 Å². The zero-order valence-electron chi connectivity index (χ0n) is 12.4. The van der Waals surface area contributed by atoms with Crippen molar-refractivity contribution in [2.45, 2.75) is 57.3 Å². The van der Waals surface area contributed by atoms with Crippen LogP contribution < -0.4 is 16.6 Å². The highest BCUT2D eigenvalue weighted by molar-refractivity contribution is 5.95. The Morgan fingerprint density at radius 2 is 2.24 bits per heavy atom. The third kappa shape index (κ3) is 2.87. The third-order valence-corrected chi connectivity index (χ3v) is 4.27. The Balaban J connectivity index is 1.76. The molecule has 0 aromatic carbocycles. The number of nitrogens with one attached hydrogen (secondary N) is 2. The van der Waals surface area contributed by atoms with E-state index in [0.29, 0.717) is 17.5 Å². The first-order chi connectivity index (χ1) is 10.1. The largest absolute Gasteiger partial charge is 0.373 e. The van der Waals surface area contributed by atoms with Crippen molar-refractivity contribution in [2.75, 3.05) is 5.43 Å². The van der Waals surface area contributed by atoms with Gasteiger partial charge in [-0.25, -0.2) is 10.8 Å². The molecule has 4 N–H and O–H groups in total. The van der Waals surface area contributed by atoms with Crippen LogP contribution in [0.15, 0.2) is 12.1 Å². The van der Waals surface area contributed by atoms with Crippen molar-refractivity contribution in [1.29, 1.82) is 0 Å². The number of fused-ring (bicyclic) bond motifs is 2. The molecule has 1 amide bonds. The predicted octanol–water partition coefficient (Wildman–Crippen LogP) is 1.54. The van der Waals surface area contributed by atoms with Crippen molar-refractivity contribution in [1.82, 2.24) is 10.3 Å². The Labute approximate surface area is 124 Å². The van der Waals surface area contributed by atoms with E-state index in [2.05, 4.69) is 15.7 Å². The molecule has 0 aliphatic carbocycles. The van der Waals surface area contributed by atoms with Gasteiger partial charge in [-0.05, 0) is 37.3 Å². The summed E-state index contributed by atoms with van der Waals surface area (Å²) < 4.78 is 5.77. The number of ether oxygens (including phenoxy) is 1. The van der Waals surface area contributed by atoms with Crippen molar-refractivity contribution < 1.29 is 9.53 Å². The number of nitrogens with zero attached hydrogens (tertiary/aromatic N) is 1. The maximum absolute atomic E-state index is 12.5. The topological polar surface area (TPSA) is 89.3 Å². The van der Waals surface area contributed by atoms with Gasteiger partial charge in [-0.1, -0.05) is 13.8 Å². The molecule has 2 bridgehead atoms. The van der Waals surface area contributed by atoms with Crippen LogP contribution in [-0.4, -0.2) is 29.1 Å². The lowest BCUT2D eigenvalue weighted by atomic mass is 9.95. The number of carbonyl (C=O) groups excluding carboxylic acids is 1. The minimum Gasteiger partial charge on any atom is -0.373 e. The van der Waals surface area contributed by atoms with Gasteiger partial charge in [0, 0.05) is 11.3 Å². The normalized spacial score (nSPS) is 27.1. The maximum Gasteiger partial charge on any atom is 0.251 e. The summed E-state index contributed by atoms with van der Waals surface area (Å²) in [5.41, 5.74) is 3.96. The number of hydrogen-bond donors (Lipinski definition) is 3. The number of hydrazine groups is 1. The smallest absolute Gasteiger partial charge is 0.251 e. The van der Waals surface area contributed by atoms with Crippen molar-refractivity contribution in [3.05, 3.63) is 23.4 Å². The summed E-state index contributed by atoms with van der Waals surface area (Å²) in [6.45, 7) is 4.07.